The van der Waals surface area contributed by atoms with Crippen LogP contribution in [0.25, 0.3) is 0 Å². The van der Waals surface area contributed by atoms with Gasteiger partial charge in [-0.25, -0.2) is 0 Å². The van der Waals surface area contributed by atoms with E-state index in [9.17, 15) is 0 Å². The molecule has 0 aliphatic rings. The predicted octanol–water partition coefficient (Wildman–Crippen LogP) is 3.77. The first-order valence-electron chi connectivity index (χ1n) is 4.70. The SMILES string of the molecule is COCCOc1ccc(C(C)Cl)cc1Br. The highest BCUT2D eigenvalue weighted by molar-refractivity contribution is 9.10. The molecule has 0 N–H and O–H groups in total. The Morgan fingerprint density at radius 3 is 2.67 bits per heavy atom. The van der Waals surface area contributed by atoms with Gasteiger partial charge < -0.3 is 9.47 Å². The van der Waals surface area contributed by atoms with Crippen LogP contribution in [-0.2, 0) is 4.74 Å². The maximum atomic E-state index is 5.97. The molecule has 0 bridgehead atoms. The minimum atomic E-state index is 0.00863. The topological polar surface area (TPSA) is 18.5 Å². The number of alkyl halides is 1. The van der Waals surface area contributed by atoms with Gasteiger partial charge in [0.2, 0.25) is 0 Å². The second kappa shape index (κ2) is 6.36. The van der Waals surface area contributed by atoms with Crippen LogP contribution in [0, 0.1) is 0 Å². The predicted molar refractivity (Wildman–Crippen MR) is 65.8 cm³/mol. The molecule has 1 unspecified atom stereocenters. The summed E-state index contributed by atoms with van der Waals surface area (Å²) in [4.78, 5) is 0. The van der Waals surface area contributed by atoms with Gasteiger partial charge in [0.25, 0.3) is 0 Å². The summed E-state index contributed by atoms with van der Waals surface area (Å²) in [5.41, 5.74) is 1.07. The van der Waals surface area contributed by atoms with E-state index in [2.05, 4.69) is 15.9 Å². The van der Waals surface area contributed by atoms with Gasteiger partial charge in [-0.2, -0.15) is 0 Å². The largest absolute Gasteiger partial charge is 0.490 e. The van der Waals surface area contributed by atoms with E-state index in [0.717, 1.165) is 15.8 Å². The minimum Gasteiger partial charge on any atom is -0.490 e. The van der Waals surface area contributed by atoms with Gasteiger partial charge in [-0.1, -0.05) is 6.07 Å². The number of ether oxygens (including phenoxy) is 2. The van der Waals surface area contributed by atoms with E-state index in [-0.39, 0.29) is 5.38 Å². The molecule has 15 heavy (non-hydrogen) atoms. The van der Waals surface area contributed by atoms with Crippen LogP contribution in [0.2, 0.25) is 0 Å². The molecule has 0 aliphatic heterocycles. The first-order valence-corrected chi connectivity index (χ1v) is 5.93. The summed E-state index contributed by atoms with van der Waals surface area (Å²) in [7, 11) is 1.65. The molecule has 1 atom stereocenters. The number of methoxy groups -OCH3 is 1. The van der Waals surface area contributed by atoms with E-state index in [1.807, 2.05) is 25.1 Å². The second-order valence-electron chi connectivity index (χ2n) is 3.15. The van der Waals surface area contributed by atoms with Crippen molar-refractivity contribution in [3.8, 4) is 5.75 Å². The Morgan fingerprint density at radius 1 is 1.40 bits per heavy atom. The molecule has 1 aromatic rings. The Kier molecular flexibility index (Phi) is 5.43. The highest BCUT2D eigenvalue weighted by atomic mass is 79.9. The summed E-state index contributed by atoms with van der Waals surface area (Å²) in [6.07, 6.45) is 0. The third kappa shape index (κ3) is 4.01. The van der Waals surface area contributed by atoms with Gasteiger partial charge >= 0.3 is 0 Å². The summed E-state index contributed by atoms with van der Waals surface area (Å²) in [5.74, 6) is 0.813. The van der Waals surface area contributed by atoms with Crippen LogP contribution < -0.4 is 4.74 Å². The number of hydrogen-bond acceptors (Lipinski definition) is 2. The van der Waals surface area contributed by atoms with Crippen LogP contribution >= 0.6 is 27.5 Å². The Hall–Kier alpha value is -0.250. The molecule has 0 fully saturated rings. The van der Waals surface area contributed by atoms with E-state index in [1.54, 1.807) is 7.11 Å². The van der Waals surface area contributed by atoms with E-state index >= 15 is 0 Å². The summed E-state index contributed by atoms with van der Waals surface area (Å²) >= 11 is 9.42. The molecule has 4 heteroatoms. The van der Waals surface area contributed by atoms with E-state index < -0.39 is 0 Å². The average molecular weight is 294 g/mol. The van der Waals surface area contributed by atoms with Crippen molar-refractivity contribution in [2.24, 2.45) is 0 Å². The third-order valence-corrected chi connectivity index (χ3v) is 2.83. The molecule has 0 aliphatic carbocycles. The fourth-order valence-electron chi connectivity index (χ4n) is 1.12. The van der Waals surface area contributed by atoms with Gasteiger partial charge in [0.1, 0.15) is 12.4 Å². The second-order valence-corrected chi connectivity index (χ2v) is 4.66. The van der Waals surface area contributed by atoms with Gasteiger partial charge in [-0.05, 0) is 40.5 Å². The number of hydrogen-bond donors (Lipinski definition) is 0. The van der Waals surface area contributed by atoms with Crippen molar-refractivity contribution in [1.29, 1.82) is 0 Å². The van der Waals surface area contributed by atoms with Crippen molar-refractivity contribution in [3.05, 3.63) is 28.2 Å². The maximum absolute atomic E-state index is 5.97. The van der Waals surface area contributed by atoms with Gasteiger partial charge in [0.05, 0.1) is 16.5 Å². The molecule has 0 heterocycles. The van der Waals surface area contributed by atoms with Crippen molar-refractivity contribution < 1.29 is 9.47 Å². The smallest absolute Gasteiger partial charge is 0.133 e. The highest BCUT2D eigenvalue weighted by Gasteiger charge is 2.06. The first kappa shape index (κ1) is 12.8. The molecule has 0 saturated heterocycles. The van der Waals surface area contributed by atoms with Gasteiger partial charge in [0.15, 0.2) is 0 Å². The van der Waals surface area contributed by atoms with Crippen molar-refractivity contribution in [2.45, 2.75) is 12.3 Å². The summed E-state index contributed by atoms with van der Waals surface area (Å²) in [6.45, 7) is 3.07. The Bertz CT molecular complexity index is 315. The Morgan fingerprint density at radius 2 is 2.13 bits per heavy atom. The third-order valence-electron chi connectivity index (χ3n) is 1.96. The van der Waals surface area contributed by atoms with Crippen LogP contribution in [0.1, 0.15) is 17.9 Å². The molecular weight excluding hydrogens is 279 g/mol. The Labute approximate surface area is 104 Å². The molecule has 84 valence electrons. The summed E-state index contributed by atoms with van der Waals surface area (Å²) in [6, 6.07) is 5.85. The fourth-order valence-corrected chi connectivity index (χ4v) is 1.76. The normalized spacial score (nSPS) is 12.5. The molecule has 2 nitrogen and oxygen atoms in total. The average Bonchev–Trinajstić information content (AvgIpc) is 2.20. The first-order chi connectivity index (χ1) is 7.15. The van der Waals surface area contributed by atoms with Crippen LogP contribution in [0.4, 0.5) is 0 Å². The monoisotopic (exact) mass is 292 g/mol. The van der Waals surface area contributed by atoms with Crippen LogP contribution in [-0.4, -0.2) is 20.3 Å². The summed E-state index contributed by atoms with van der Waals surface area (Å²) < 4.78 is 11.3. The van der Waals surface area contributed by atoms with Crippen LogP contribution in [0.5, 0.6) is 5.75 Å². The number of benzene rings is 1. The lowest BCUT2D eigenvalue weighted by Crippen LogP contribution is -2.04. The van der Waals surface area contributed by atoms with Gasteiger partial charge in [0, 0.05) is 7.11 Å². The lowest BCUT2D eigenvalue weighted by molar-refractivity contribution is 0.146. The standard InChI is InChI=1S/C11H14BrClO2/c1-8(13)9-3-4-11(10(12)7-9)15-6-5-14-2/h3-4,7-8H,5-6H2,1-2H3. The molecule has 1 aromatic carbocycles. The van der Waals surface area contributed by atoms with Crippen LogP contribution in [0.15, 0.2) is 22.7 Å². The van der Waals surface area contributed by atoms with Gasteiger partial charge in [-0.15, -0.1) is 11.6 Å². The number of rotatable bonds is 5. The molecule has 0 spiro atoms. The lowest BCUT2D eigenvalue weighted by Gasteiger charge is -2.10. The van der Waals surface area contributed by atoms with Crippen LogP contribution in [0.3, 0.4) is 0 Å². The molecule has 0 amide bonds. The quantitative estimate of drug-likeness (QED) is 0.608. The molecular formula is C11H14BrClO2. The van der Waals surface area contributed by atoms with E-state index in [4.69, 9.17) is 21.1 Å². The van der Waals surface area contributed by atoms with Crippen molar-refractivity contribution in [2.75, 3.05) is 20.3 Å². The summed E-state index contributed by atoms with van der Waals surface area (Å²) in [5, 5.41) is 0.00863. The van der Waals surface area contributed by atoms with Crippen molar-refractivity contribution in [3.63, 3.8) is 0 Å². The van der Waals surface area contributed by atoms with Crippen molar-refractivity contribution >= 4 is 27.5 Å². The van der Waals surface area contributed by atoms with E-state index in [0.29, 0.717) is 13.2 Å². The molecule has 0 radical (unpaired) electrons. The zero-order valence-corrected chi connectivity index (χ0v) is 11.1. The molecule has 0 aromatic heterocycles. The lowest BCUT2D eigenvalue weighted by atomic mass is 10.1. The molecule has 1 rings (SSSR count). The fraction of sp³-hybridized carbons (Fsp3) is 0.455. The van der Waals surface area contributed by atoms with Crippen molar-refractivity contribution in [1.82, 2.24) is 0 Å². The zero-order chi connectivity index (χ0) is 11.3. The maximum Gasteiger partial charge on any atom is 0.133 e. The Balaban J connectivity index is 2.66. The van der Waals surface area contributed by atoms with Gasteiger partial charge in [-0.3, -0.25) is 0 Å². The zero-order valence-electron chi connectivity index (χ0n) is 8.80. The minimum absolute atomic E-state index is 0.00863. The highest BCUT2D eigenvalue weighted by Crippen LogP contribution is 2.30. The van der Waals surface area contributed by atoms with E-state index in [1.165, 1.54) is 0 Å². The number of halogens is 2. The molecule has 0 saturated carbocycles.